The van der Waals surface area contributed by atoms with Gasteiger partial charge in [0.25, 0.3) is 5.91 Å². The Morgan fingerprint density at radius 3 is 2.59 bits per heavy atom. The number of aromatic nitrogens is 3. The summed E-state index contributed by atoms with van der Waals surface area (Å²) in [6.07, 6.45) is 2.38. The third-order valence-corrected chi connectivity index (χ3v) is 4.99. The van der Waals surface area contributed by atoms with Crippen LogP contribution in [0.5, 0.6) is 5.75 Å². The number of rotatable bonds is 6. The van der Waals surface area contributed by atoms with Crippen LogP contribution in [0.3, 0.4) is 0 Å². The highest BCUT2D eigenvalue weighted by molar-refractivity contribution is 5.77. The van der Waals surface area contributed by atoms with Crippen molar-refractivity contribution in [3.05, 3.63) is 77.6 Å². The molecule has 3 aromatic rings. The molecule has 4 rings (SSSR count). The van der Waals surface area contributed by atoms with E-state index in [9.17, 15) is 9.18 Å². The first kappa shape index (κ1) is 19.1. The number of hydrogen-bond acceptors (Lipinski definition) is 4. The summed E-state index contributed by atoms with van der Waals surface area (Å²) in [6.45, 7) is 1.71. The van der Waals surface area contributed by atoms with Crippen molar-refractivity contribution >= 4 is 5.91 Å². The Hall–Kier alpha value is -3.22. The number of carbonyl (C=O) groups excluding carboxylic acids is 1. The minimum absolute atomic E-state index is 0.0658. The molecule has 0 saturated carbocycles. The minimum atomic E-state index is -0.332. The first-order chi connectivity index (χ1) is 14.2. The monoisotopic (exact) mass is 394 g/mol. The van der Waals surface area contributed by atoms with Crippen molar-refractivity contribution in [2.45, 2.75) is 25.8 Å². The van der Waals surface area contributed by atoms with Crippen LogP contribution in [0.4, 0.5) is 4.39 Å². The Morgan fingerprint density at radius 1 is 1.00 bits per heavy atom. The van der Waals surface area contributed by atoms with Gasteiger partial charge in [0, 0.05) is 25.9 Å². The fraction of sp³-hybridized carbons (Fsp3) is 0.318. The van der Waals surface area contributed by atoms with Gasteiger partial charge in [-0.25, -0.2) is 14.1 Å². The lowest BCUT2D eigenvalue weighted by atomic mass is 10.1. The average molecular weight is 394 g/mol. The van der Waals surface area contributed by atoms with Crippen molar-refractivity contribution in [1.82, 2.24) is 19.7 Å². The molecule has 7 heteroatoms. The first-order valence-electron chi connectivity index (χ1n) is 9.80. The van der Waals surface area contributed by atoms with E-state index in [4.69, 9.17) is 4.74 Å². The van der Waals surface area contributed by atoms with Crippen LogP contribution in [-0.2, 0) is 30.6 Å². The number of halogens is 1. The lowest BCUT2D eigenvalue weighted by molar-refractivity contribution is -0.133. The van der Waals surface area contributed by atoms with Gasteiger partial charge in [-0.05, 0) is 36.2 Å². The zero-order valence-corrected chi connectivity index (χ0v) is 16.1. The summed E-state index contributed by atoms with van der Waals surface area (Å²) in [7, 11) is 0. The van der Waals surface area contributed by atoms with Crippen molar-refractivity contribution in [2.75, 3.05) is 19.7 Å². The maximum Gasteiger partial charge on any atom is 0.260 e. The third-order valence-electron chi connectivity index (χ3n) is 4.99. The van der Waals surface area contributed by atoms with Crippen LogP contribution < -0.4 is 4.74 Å². The van der Waals surface area contributed by atoms with Crippen LogP contribution in [-0.4, -0.2) is 45.3 Å². The smallest absolute Gasteiger partial charge is 0.260 e. The molecule has 0 radical (unpaired) electrons. The Morgan fingerprint density at radius 2 is 1.79 bits per heavy atom. The van der Waals surface area contributed by atoms with Gasteiger partial charge in [-0.15, -0.1) is 0 Å². The largest absolute Gasteiger partial charge is 0.484 e. The quantitative estimate of drug-likeness (QED) is 0.645. The molecule has 0 atom stereocenters. The maximum absolute atomic E-state index is 12.9. The van der Waals surface area contributed by atoms with Gasteiger partial charge in [-0.3, -0.25) is 4.79 Å². The number of amides is 1. The second kappa shape index (κ2) is 8.86. The highest BCUT2D eigenvalue weighted by Gasteiger charge is 2.21. The second-order valence-corrected chi connectivity index (χ2v) is 7.03. The molecule has 150 valence electrons. The summed E-state index contributed by atoms with van der Waals surface area (Å²) in [4.78, 5) is 18.9. The topological polar surface area (TPSA) is 60.2 Å². The van der Waals surface area contributed by atoms with E-state index in [0.717, 1.165) is 24.5 Å². The highest BCUT2D eigenvalue weighted by Crippen LogP contribution is 2.13. The number of fused-ring (bicyclic) bond motifs is 1. The van der Waals surface area contributed by atoms with Crippen LogP contribution >= 0.6 is 0 Å². The molecular formula is C22H23FN4O2. The number of hydrogen-bond donors (Lipinski definition) is 0. The molecule has 29 heavy (non-hydrogen) atoms. The van der Waals surface area contributed by atoms with Gasteiger partial charge in [0.15, 0.2) is 12.4 Å². The third kappa shape index (κ3) is 4.99. The molecule has 6 nitrogen and oxygen atoms in total. The number of carbonyl (C=O) groups is 1. The van der Waals surface area contributed by atoms with E-state index < -0.39 is 0 Å². The Bertz CT molecular complexity index is 931. The second-order valence-electron chi connectivity index (χ2n) is 7.03. The summed E-state index contributed by atoms with van der Waals surface area (Å²) in [5.41, 5.74) is 1.27. The van der Waals surface area contributed by atoms with Gasteiger partial charge in [-0.1, -0.05) is 30.3 Å². The summed E-state index contributed by atoms with van der Waals surface area (Å²) in [5.74, 6) is 1.82. The minimum Gasteiger partial charge on any atom is -0.484 e. The van der Waals surface area contributed by atoms with Crippen molar-refractivity contribution < 1.29 is 13.9 Å². The van der Waals surface area contributed by atoms with E-state index in [2.05, 4.69) is 22.2 Å². The van der Waals surface area contributed by atoms with Crippen molar-refractivity contribution in [3.63, 3.8) is 0 Å². The molecule has 2 aromatic carbocycles. The number of nitrogens with zero attached hydrogens (tertiary/aromatic N) is 4. The summed E-state index contributed by atoms with van der Waals surface area (Å²) in [5, 5.41) is 4.62. The first-order valence-corrected chi connectivity index (χ1v) is 9.80. The highest BCUT2D eigenvalue weighted by atomic mass is 19.1. The lowest BCUT2D eigenvalue weighted by Crippen LogP contribution is -2.37. The van der Waals surface area contributed by atoms with E-state index in [0.29, 0.717) is 31.8 Å². The molecule has 0 spiro atoms. The predicted molar refractivity (Wildman–Crippen MR) is 106 cm³/mol. The normalized spacial score (nSPS) is 13.6. The van der Waals surface area contributed by atoms with E-state index in [1.165, 1.54) is 29.8 Å². The van der Waals surface area contributed by atoms with Crippen molar-refractivity contribution in [3.8, 4) is 5.75 Å². The van der Waals surface area contributed by atoms with E-state index in [1.54, 1.807) is 4.90 Å². The van der Waals surface area contributed by atoms with E-state index >= 15 is 0 Å². The average Bonchev–Trinajstić information content (AvgIpc) is 3.04. The zero-order valence-electron chi connectivity index (χ0n) is 16.1. The van der Waals surface area contributed by atoms with Gasteiger partial charge in [0.2, 0.25) is 0 Å². The molecule has 0 N–H and O–H groups in total. The Labute approximate surface area is 168 Å². The van der Waals surface area contributed by atoms with Crippen molar-refractivity contribution in [2.24, 2.45) is 0 Å². The summed E-state index contributed by atoms with van der Waals surface area (Å²) in [6, 6.07) is 16.0. The molecule has 0 fully saturated rings. The molecule has 1 aliphatic heterocycles. The van der Waals surface area contributed by atoms with Gasteiger partial charge >= 0.3 is 0 Å². The summed E-state index contributed by atoms with van der Waals surface area (Å²) < 4.78 is 20.3. The van der Waals surface area contributed by atoms with Crippen LogP contribution in [0.2, 0.25) is 0 Å². The number of benzene rings is 2. The molecule has 1 amide bonds. The van der Waals surface area contributed by atoms with Crippen LogP contribution in [0, 0.1) is 5.82 Å². The fourth-order valence-corrected chi connectivity index (χ4v) is 3.38. The number of aryl methyl sites for hydroxylation is 2. The van der Waals surface area contributed by atoms with E-state index in [1.807, 2.05) is 22.9 Å². The Balaban J connectivity index is 1.28. The molecule has 0 saturated heterocycles. The molecule has 1 aliphatic rings. The summed E-state index contributed by atoms with van der Waals surface area (Å²) >= 11 is 0. The Kier molecular flexibility index (Phi) is 5.84. The SMILES string of the molecule is O=C(COc1ccc(F)cc1)N1CCc2nc(CCc3ccccc3)nn2CC1. The maximum atomic E-state index is 12.9. The van der Waals surface area contributed by atoms with Gasteiger partial charge < -0.3 is 9.64 Å². The molecule has 0 aliphatic carbocycles. The molecule has 0 unspecified atom stereocenters. The molecule has 0 bridgehead atoms. The molecular weight excluding hydrogens is 371 g/mol. The lowest BCUT2D eigenvalue weighted by Gasteiger charge is -2.20. The van der Waals surface area contributed by atoms with Gasteiger partial charge in [-0.2, -0.15) is 5.10 Å². The number of ether oxygens (including phenoxy) is 1. The van der Waals surface area contributed by atoms with Crippen molar-refractivity contribution in [1.29, 1.82) is 0 Å². The predicted octanol–water partition coefficient (Wildman–Crippen LogP) is 2.67. The van der Waals surface area contributed by atoms with E-state index in [-0.39, 0.29) is 18.3 Å². The van der Waals surface area contributed by atoms with Gasteiger partial charge in [0.1, 0.15) is 17.4 Å². The fourth-order valence-electron chi connectivity index (χ4n) is 3.38. The van der Waals surface area contributed by atoms with Crippen LogP contribution in [0.15, 0.2) is 54.6 Å². The van der Waals surface area contributed by atoms with Crippen LogP contribution in [0.1, 0.15) is 17.2 Å². The van der Waals surface area contributed by atoms with Crippen LogP contribution in [0.25, 0.3) is 0 Å². The molecule has 1 aromatic heterocycles. The standard InChI is InChI=1S/C22H23FN4O2/c23-18-7-9-19(10-8-18)29-16-22(28)26-13-12-21-24-20(25-27(21)15-14-26)11-6-17-4-2-1-3-5-17/h1-5,7-10H,6,11-16H2. The zero-order chi connectivity index (χ0) is 20.1. The molecule has 2 heterocycles. The van der Waals surface area contributed by atoms with Gasteiger partial charge in [0.05, 0.1) is 6.54 Å².